The van der Waals surface area contributed by atoms with Gasteiger partial charge in [0.05, 0.1) is 22.3 Å². The highest BCUT2D eigenvalue weighted by molar-refractivity contribution is 6.09. The number of aromatic nitrogens is 3. The molecule has 2 heterocycles. The van der Waals surface area contributed by atoms with Crippen LogP contribution in [0.4, 0.5) is 0 Å². The third-order valence-corrected chi connectivity index (χ3v) is 5.99. The molecule has 4 nitrogen and oxygen atoms in total. The molecular weight excluding hydrogens is 394 g/mol. The van der Waals surface area contributed by atoms with Gasteiger partial charge in [-0.25, -0.2) is 0 Å². The smallest absolute Gasteiger partial charge is 0.250 e. The Labute approximate surface area is 185 Å². The number of rotatable bonds is 4. The van der Waals surface area contributed by atoms with Gasteiger partial charge in [0.15, 0.2) is 0 Å². The zero-order chi connectivity index (χ0) is 21.5. The van der Waals surface area contributed by atoms with Crippen molar-refractivity contribution in [1.82, 2.24) is 14.8 Å². The minimum Gasteiger partial charge on any atom is -0.416 e. The number of aryl methyl sites for hydroxylation is 1. The second-order valence-electron chi connectivity index (χ2n) is 7.85. The van der Waals surface area contributed by atoms with Gasteiger partial charge < -0.3 is 8.98 Å². The fourth-order valence-corrected chi connectivity index (χ4v) is 4.36. The van der Waals surface area contributed by atoms with Gasteiger partial charge in [-0.3, -0.25) is 0 Å². The quantitative estimate of drug-likeness (QED) is 0.309. The van der Waals surface area contributed by atoms with Gasteiger partial charge in [-0.15, -0.1) is 10.2 Å². The van der Waals surface area contributed by atoms with Crippen LogP contribution in [0.5, 0.6) is 0 Å². The summed E-state index contributed by atoms with van der Waals surface area (Å²) in [5.41, 5.74) is 6.43. The Hall–Kier alpha value is -4.18. The first-order valence-corrected chi connectivity index (χ1v) is 10.8. The van der Waals surface area contributed by atoms with Gasteiger partial charge >= 0.3 is 0 Å². The van der Waals surface area contributed by atoms with Gasteiger partial charge in [-0.2, -0.15) is 0 Å². The van der Waals surface area contributed by atoms with Crippen molar-refractivity contribution in [2.45, 2.75) is 13.3 Å². The molecule has 0 unspecified atom stereocenters. The highest BCUT2D eigenvalue weighted by atomic mass is 16.4. The zero-order valence-corrected chi connectivity index (χ0v) is 17.7. The van der Waals surface area contributed by atoms with Crippen molar-refractivity contribution in [3.8, 4) is 28.6 Å². The number of fused-ring (bicyclic) bond motifs is 3. The van der Waals surface area contributed by atoms with Crippen LogP contribution in [0, 0.1) is 0 Å². The van der Waals surface area contributed by atoms with E-state index in [2.05, 4.69) is 88.4 Å². The van der Waals surface area contributed by atoms with Crippen LogP contribution < -0.4 is 0 Å². The maximum absolute atomic E-state index is 6.16. The molecule has 6 aromatic rings. The number of nitrogens with zero attached hydrogens (tertiary/aromatic N) is 3. The summed E-state index contributed by atoms with van der Waals surface area (Å²) in [6.07, 6.45) is 1.00. The fraction of sp³-hybridized carbons (Fsp3) is 0.0714. The summed E-state index contributed by atoms with van der Waals surface area (Å²) in [6.45, 7) is 2.14. The lowest BCUT2D eigenvalue weighted by Crippen LogP contribution is -1.97. The molecule has 0 amide bonds. The summed E-state index contributed by atoms with van der Waals surface area (Å²) in [6, 6.07) is 33.4. The molecular formula is C28H21N3O. The molecule has 4 heteroatoms. The predicted molar refractivity (Wildman–Crippen MR) is 129 cm³/mol. The molecule has 0 spiro atoms. The van der Waals surface area contributed by atoms with Gasteiger partial charge in [-0.05, 0) is 48.4 Å². The Kier molecular flexibility index (Phi) is 4.36. The van der Waals surface area contributed by atoms with E-state index in [1.807, 2.05) is 30.3 Å². The summed E-state index contributed by atoms with van der Waals surface area (Å²) < 4.78 is 8.43. The topological polar surface area (TPSA) is 43.9 Å². The molecule has 0 radical (unpaired) electrons. The lowest BCUT2D eigenvalue weighted by molar-refractivity contribution is 0.584. The molecule has 2 aromatic heterocycles. The Morgan fingerprint density at radius 1 is 0.656 bits per heavy atom. The molecule has 0 N–H and O–H groups in total. The molecule has 0 aliphatic heterocycles. The summed E-state index contributed by atoms with van der Waals surface area (Å²) in [5, 5.41) is 11.2. The molecule has 0 aliphatic rings. The maximum atomic E-state index is 6.16. The van der Waals surface area contributed by atoms with Crippen molar-refractivity contribution in [3.05, 3.63) is 103 Å². The van der Waals surface area contributed by atoms with Crippen LogP contribution in [-0.4, -0.2) is 14.8 Å². The highest BCUT2D eigenvalue weighted by Gasteiger charge is 2.18. The summed E-state index contributed by atoms with van der Waals surface area (Å²) in [5.74, 6) is 1.04. The Morgan fingerprint density at radius 3 is 1.94 bits per heavy atom. The molecule has 32 heavy (non-hydrogen) atoms. The minimum atomic E-state index is 0.511. The van der Waals surface area contributed by atoms with Gasteiger partial charge in [0.25, 0.3) is 0 Å². The molecule has 0 bridgehead atoms. The number of benzene rings is 4. The molecule has 0 saturated heterocycles. The third-order valence-electron chi connectivity index (χ3n) is 5.99. The Bertz CT molecular complexity index is 1500. The van der Waals surface area contributed by atoms with Gasteiger partial charge in [-0.1, -0.05) is 67.6 Å². The average Bonchev–Trinajstić information content (AvgIpc) is 3.48. The summed E-state index contributed by atoms with van der Waals surface area (Å²) in [4.78, 5) is 0. The van der Waals surface area contributed by atoms with Crippen molar-refractivity contribution in [1.29, 1.82) is 0 Å². The molecule has 0 saturated carbocycles. The second kappa shape index (κ2) is 7.50. The SMILES string of the molecule is CCc1ccc(-c2nnc(-c3ccccc3-n3c4ccccc4c4ccccc43)o2)cc1. The van der Waals surface area contributed by atoms with Gasteiger partial charge in [0.2, 0.25) is 11.8 Å². The standard InChI is InChI=1S/C28H21N3O/c1-2-19-15-17-20(18-16-19)27-29-30-28(32-27)23-11-5-8-14-26(23)31-24-12-6-3-9-21(24)22-10-4-7-13-25(22)31/h3-18H,2H2,1H3. The van der Waals surface area contributed by atoms with Crippen LogP contribution in [0.3, 0.4) is 0 Å². The predicted octanol–water partition coefficient (Wildman–Crippen LogP) is 7.06. The second-order valence-corrected chi connectivity index (χ2v) is 7.85. The molecule has 0 fully saturated rings. The van der Waals surface area contributed by atoms with Crippen LogP contribution in [0.25, 0.3) is 50.4 Å². The molecule has 4 aromatic carbocycles. The van der Waals surface area contributed by atoms with E-state index in [1.54, 1.807) is 0 Å². The number of hydrogen-bond acceptors (Lipinski definition) is 3. The first kappa shape index (κ1) is 18.6. The molecule has 0 atom stereocenters. The maximum Gasteiger partial charge on any atom is 0.250 e. The van der Waals surface area contributed by atoms with E-state index in [0.717, 1.165) is 34.3 Å². The minimum absolute atomic E-state index is 0.511. The summed E-state index contributed by atoms with van der Waals surface area (Å²) >= 11 is 0. The third kappa shape index (κ3) is 2.92. The van der Waals surface area contributed by atoms with E-state index >= 15 is 0 Å². The normalized spacial score (nSPS) is 11.4. The van der Waals surface area contributed by atoms with Crippen LogP contribution in [0.2, 0.25) is 0 Å². The number of para-hydroxylation sites is 3. The molecule has 6 rings (SSSR count). The van der Waals surface area contributed by atoms with E-state index in [1.165, 1.54) is 16.3 Å². The van der Waals surface area contributed by atoms with Crippen LogP contribution in [-0.2, 0) is 6.42 Å². The average molecular weight is 415 g/mol. The molecule has 0 aliphatic carbocycles. The van der Waals surface area contributed by atoms with E-state index in [0.29, 0.717) is 11.8 Å². The Balaban J connectivity index is 1.53. The summed E-state index contributed by atoms with van der Waals surface area (Å²) in [7, 11) is 0. The first-order valence-electron chi connectivity index (χ1n) is 10.8. The van der Waals surface area contributed by atoms with Crippen LogP contribution >= 0.6 is 0 Å². The van der Waals surface area contributed by atoms with E-state index in [4.69, 9.17) is 4.42 Å². The van der Waals surface area contributed by atoms with E-state index in [9.17, 15) is 0 Å². The monoisotopic (exact) mass is 415 g/mol. The van der Waals surface area contributed by atoms with Gasteiger partial charge in [0, 0.05) is 16.3 Å². The van der Waals surface area contributed by atoms with Crippen molar-refractivity contribution < 1.29 is 4.42 Å². The lowest BCUT2D eigenvalue weighted by Gasteiger charge is -2.11. The van der Waals surface area contributed by atoms with E-state index in [-0.39, 0.29) is 0 Å². The fourth-order valence-electron chi connectivity index (χ4n) is 4.36. The first-order chi connectivity index (χ1) is 15.8. The lowest BCUT2D eigenvalue weighted by atomic mass is 10.1. The van der Waals surface area contributed by atoms with Crippen molar-refractivity contribution in [3.63, 3.8) is 0 Å². The van der Waals surface area contributed by atoms with Crippen molar-refractivity contribution in [2.24, 2.45) is 0 Å². The zero-order valence-electron chi connectivity index (χ0n) is 17.7. The Morgan fingerprint density at radius 2 is 1.25 bits per heavy atom. The highest BCUT2D eigenvalue weighted by Crippen LogP contribution is 2.36. The van der Waals surface area contributed by atoms with Gasteiger partial charge in [0.1, 0.15) is 0 Å². The van der Waals surface area contributed by atoms with Crippen molar-refractivity contribution >= 4 is 21.8 Å². The molecule has 154 valence electrons. The number of hydrogen-bond donors (Lipinski definition) is 0. The van der Waals surface area contributed by atoms with Crippen molar-refractivity contribution in [2.75, 3.05) is 0 Å². The van der Waals surface area contributed by atoms with E-state index < -0.39 is 0 Å². The van der Waals surface area contributed by atoms with Crippen LogP contribution in [0.1, 0.15) is 12.5 Å². The van der Waals surface area contributed by atoms with Crippen LogP contribution in [0.15, 0.2) is 101 Å². The largest absolute Gasteiger partial charge is 0.416 e.